The summed E-state index contributed by atoms with van der Waals surface area (Å²) >= 11 is 0. The molecule has 1 atom stereocenters. The van der Waals surface area contributed by atoms with E-state index < -0.39 is 0 Å². The van der Waals surface area contributed by atoms with Gasteiger partial charge in [-0.1, -0.05) is 18.2 Å². The number of hydrogen-bond acceptors (Lipinski definition) is 4. The van der Waals surface area contributed by atoms with Crippen molar-refractivity contribution in [3.8, 4) is 5.69 Å². The average Bonchev–Trinajstić information content (AvgIpc) is 3.27. The quantitative estimate of drug-likeness (QED) is 0.772. The zero-order chi connectivity index (χ0) is 19.0. The summed E-state index contributed by atoms with van der Waals surface area (Å²) in [6.45, 7) is 6.11. The minimum absolute atomic E-state index is 0.00170. The van der Waals surface area contributed by atoms with Crippen molar-refractivity contribution in [1.29, 1.82) is 0 Å². The van der Waals surface area contributed by atoms with Gasteiger partial charge in [0.05, 0.1) is 23.1 Å². The predicted octanol–water partition coefficient (Wildman–Crippen LogP) is 2.01. The number of carbonyl (C=O) groups excluding carboxylic acids is 1. The summed E-state index contributed by atoms with van der Waals surface area (Å²) in [7, 11) is 1.96. The zero-order valence-electron chi connectivity index (χ0n) is 15.9. The summed E-state index contributed by atoms with van der Waals surface area (Å²) < 4.78 is 3.82. The molecule has 1 saturated heterocycles. The molecule has 1 N–H and O–H groups in total. The molecule has 1 aliphatic rings. The van der Waals surface area contributed by atoms with Gasteiger partial charge in [-0.25, -0.2) is 9.67 Å². The van der Waals surface area contributed by atoms with Crippen molar-refractivity contribution in [2.24, 2.45) is 7.05 Å². The number of para-hydroxylation sites is 1. The molecule has 1 aliphatic heterocycles. The molecule has 1 amide bonds. The number of aromatic nitrogens is 4. The van der Waals surface area contributed by atoms with Gasteiger partial charge in [0.25, 0.3) is 5.91 Å². The highest BCUT2D eigenvalue weighted by atomic mass is 16.2. The highest BCUT2D eigenvalue weighted by Crippen LogP contribution is 2.25. The van der Waals surface area contributed by atoms with Crippen molar-refractivity contribution in [2.75, 3.05) is 19.6 Å². The Kier molecular flexibility index (Phi) is 4.53. The lowest BCUT2D eigenvalue weighted by molar-refractivity contribution is 0.0620. The second-order valence-electron chi connectivity index (χ2n) is 6.96. The predicted molar refractivity (Wildman–Crippen MR) is 103 cm³/mol. The Morgan fingerprint density at radius 3 is 2.81 bits per heavy atom. The first-order valence-corrected chi connectivity index (χ1v) is 9.17. The normalized spacial score (nSPS) is 17.3. The van der Waals surface area contributed by atoms with Gasteiger partial charge in [-0.2, -0.15) is 5.10 Å². The first-order chi connectivity index (χ1) is 13.1. The van der Waals surface area contributed by atoms with Gasteiger partial charge in [0.2, 0.25) is 0 Å². The van der Waals surface area contributed by atoms with Crippen LogP contribution >= 0.6 is 0 Å². The van der Waals surface area contributed by atoms with Crippen molar-refractivity contribution in [3.05, 3.63) is 65.5 Å². The molecule has 0 radical (unpaired) electrons. The Morgan fingerprint density at radius 2 is 2.07 bits per heavy atom. The van der Waals surface area contributed by atoms with Crippen LogP contribution in [0.1, 0.15) is 33.5 Å². The zero-order valence-corrected chi connectivity index (χ0v) is 15.9. The lowest BCUT2D eigenvalue weighted by Gasteiger charge is -2.35. The van der Waals surface area contributed by atoms with E-state index in [1.165, 1.54) is 0 Å². The first kappa shape index (κ1) is 17.5. The van der Waals surface area contributed by atoms with Gasteiger partial charge in [0.15, 0.2) is 0 Å². The van der Waals surface area contributed by atoms with Gasteiger partial charge < -0.3 is 14.8 Å². The van der Waals surface area contributed by atoms with Gasteiger partial charge in [-0.3, -0.25) is 4.79 Å². The monoisotopic (exact) mass is 364 g/mol. The summed E-state index contributed by atoms with van der Waals surface area (Å²) in [6, 6.07) is 7.96. The molecule has 27 heavy (non-hydrogen) atoms. The minimum atomic E-state index is -0.0903. The number of piperazine rings is 1. The van der Waals surface area contributed by atoms with Crippen LogP contribution in [0.25, 0.3) is 5.69 Å². The van der Waals surface area contributed by atoms with E-state index in [1.54, 1.807) is 12.4 Å². The summed E-state index contributed by atoms with van der Waals surface area (Å²) in [5.41, 5.74) is 3.61. The lowest BCUT2D eigenvalue weighted by atomic mass is 10.1. The first-order valence-electron chi connectivity index (χ1n) is 9.17. The number of aryl methyl sites for hydroxylation is 2. The van der Waals surface area contributed by atoms with Gasteiger partial charge >= 0.3 is 0 Å². The van der Waals surface area contributed by atoms with Crippen LogP contribution in [0.5, 0.6) is 0 Å². The number of amides is 1. The third kappa shape index (κ3) is 3.04. The van der Waals surface area contributed by atoms with Crippen molar-refractivity contribution in [3.63, 3.8) is 0 Å². The van der Waals surface area contributed by atoms with Crippen LogP contribution in [-0.4, -0.2) is 49.8 Å². The van der Waals surface area contributed by atoms with E-state index in [1.807, 2.05) is 65.5 Å². The van der Waals surface area contributed by atoms with E-state index in [0.29, 0.717) is 18.7 Å². The molecule has 1 aromatic carbocycles. The minimum Gasteiger partial charge on any atom is -0.336 e. The topological polar surface area (TPSA) is 68.0 Å². The fourth-order valence-electron chi connectivity index (χ4n) is 3.69. The highest BCUT2D eigenvalue weighted by Gasteiger charge is 2.32. The van der Waals surface area contributed by atoms with Gasteiger partial charge in [-0.15, -0.1) is 0 Å². The number of nitrogens with one attached hydrogen (secondary N) is 1. The van der Waals surface area contributed by atoms with Gasteiger partial charge in [0.1, 0.15) is 11.9 Å². The molecule has 2 aromatic heterocycles. The second-order valence-corrected chi connectivity index (χ2v) is 6.96. The van der Waals surface area contributed by atoms with Crippen LogP contribution in [0.15, 0.2) is 42.9 Å². The van der Waals surface area contributed by atoms with E-state index in [4.69, 9.17) is 0 Å². The Balaban J connectivity index is 1.68. The van der Waals surface area contributed by atoms with Crippen molar-refractivity contribution < 1.29 is 4.79 Å². The number of hydrogen-bond donors (Lipinski definition) is 1. The smallest absolute Gasteiger partial charge is 0.258 e. The maximum atomic E-state index is 13.4. The highest BCUT2D eigenvalue weighted by molar-refractivity contribution is 5.95. The molecule has 3 heterocycles. The molecule has 1 unspecified atom stereocenters. The van der Waals surface area contributed by atoms with Crippen LogP contribution in [-0.2, 0) is 7.05 Å². The molecule has 1 fully saturated rings. The number of imidazole rings is 1. The van der Waals surface area contributed by atoms with Crippen LogP contribution in [0.2, 0.25) is 0 Å². The van der Waals surface area contributed by atoms with Crippen molar-refractivity contribution in [1.82, 2.24) is 29.5 Å². The molecule has 140 valence electrons. The van der Waals surface area contributed by atoms with Gasteiger partial charge in [-0.05, 0) is 25.5 Å². The SMILES string of the molecule is Cc1ccccc1-n1ncc(C(=O)N2CCNCC2c2nccn2C)c1C. The van der Waals surface area contributed by atoms with E-state index in [-0.39, 0.29) is 11.9 Å². The molecular weight excluding hydrogens is 340 g/mol. The number of rotatable bonds is 3. The molecule has 0 spiro atoms. The Hall–Kier alpha value is -2.93. The Bertz CT molecular complexity index is 973. The molecule has 0 aliphatic carbocycles. The maximum Gasteiger partial charge on any atom is 0.258 e. The second kappa shape index (κ2) is 7.00. The summed E-state index contributed by atoms with van der Waals surface area (Å²) in [4.78, 5) is 19.7. The molecular formula is C20H24N6O. The standard InChI is InChI=1S/C20H24N6O/c1-14-6-4-5-7-17(14)26-15(2)16(12-23-26)20(27)25-11-8-21-13-18(25)19-22-9-10-24(19)3/h4-7,9-10,12,18,21H,8,11,13H2,1-3H3. The average molecular weight is 364 g/mol. The number of carbonyl (C=O) groups is 1. The van der Waals surface area contributed by atoms with E-state index in [9.17, 15) is 4.79 Å². The summed E-state index contributed by atoms with van der Waals surface area (Å²) in [6.07, 6.45) is 5.36. The molecule has 0 saturated carbocycles. The van der Waals surface area contributed by atoms with E-state index in [0.717, 1.165) is 29.3 Å². The number of benzene rings is 1. The van der Waals surface area contributed by atoms with Gasteiger partial charge in [0, 0.05) is 39.1 Å². The Morgan fingerprint density at radius 1 is 1.26 bits per heavy atom. The molecule has 7 heteroatoms. The molecule has 4 rings (SSSR count). The summed E-state index contributed by atoms with van der Waals surface area (Å²) in [5.74, 6) is 0.890. The number of nitrogens with zero attached hydrogens (tertiary/aromatic N) is 5. The fourth-order valence-corrected chi connectivity index (χ4v) is 3.69. The maximum absolute atomic E-state index is 13.4. The summed E-state index contributed by atoms with van der Waals surface area (Å²) in [5, 5.41) is 7.87. The van der Waals surface area contributed by atoms with Crippen molar-refractivity contribution >= 4 is 5.91 Å². The molecule has 0 bridgehead atoms. The van der Waals surface area contributed by atoms with Crippen LogP contribution in [0.4, 0.5) is 0 Å². The van der Waals surface area contributed by atoms with E-state index >= 15 is 0 Å². The fraction of sp³-hybridized carbons (Fsp3) is 0.350. The van der Waals surface area contributed by atoms with Crippen LogP contribution < -0.4 is 5.32 Å². The van der Waals surface area contributed by atoms with Crippen LogP contribution in [0.3, 0.4) is 0 Å². The third-order valence-electron chi connectivity index (χ3n) is 5.24. The largest absolute Gasteiger partial charge is 0.336 e. The van der Waals surface area contributed by atoms with Crippen molar-refractivity contribution in [2.45, 2.75) is 19.9 Å². The Labute approximate surface area is 158 Å². The third-order valence-corrected chi connectivity index (χ3v) is 5.24. The lowest BCUT2D eigenvalue weighted by Crippen LogP contribution is -2.49. The van der Waals surface area contributed by atoms with E-state index in [2.05, 4.69) is 15.4 Å². The van der Waals surface area contributed by atoms with Crippen LogP contribution in [0, 0.1) is 13.8 Å². The molecule has 3 aromatic rings. The molecule has 7 nitrogen and oxygen atoms in total.